The van der Waals surface area contributed by atoms with E-state index in [0.717, 1.165) is 49.1 Å². The van der Waals surface area contributed by atoms with Gasteiger partial charge in [0, 0.05) is 30.4 Å². The maximum absolute atomic E-state index is 10.3. The largest absolute Gasteiger partial charge is 0.386 e. The van der Waals surface area contributed by atoms with Gasteiger partial charge in [0.25, 0.3) is 0 Å². The highest BCUT2D eigenvalue weighted by Gasteiger charge is 2.24. The molecule has 1 saturated heterocycles. The zero-order valence-electron chi connectivity index (χ0n) is 14.6. The Morgan fingerprint density at radius 2 is 2.27 bits per heavy atom. The van der Waals surface area contributed by atoms with E-state index in [-0.39, 0.29) is 24.0 Å². The molecular formula is C16H24ClIN6OS. The zero-order valence-corrected chi connectivity index (χ0v) is 18.5. The van der Waals surface area contributed by atoms with Crippen LogP contribution in [-0.4, -0.2) is 57.3 Å². The average Bonchev–Trinajstić information content (AvgIpc) is 3.30. The van der Waals surface area contributed by atoms with Gasteiger partial charge in [-0.25, -0.2) is 4.98 Å². The van der Waals surface area contributed by atoms with E-state index >= 15 is 0 Å². The third kappa shape index (κ3) is 5.54. The number of hydrogen-bond acceptors (Lipinski definition) is 5. The number of aromatic amines is 1. The molecule has 144 valence electrons. The molecule has 7 nitrogen and oxygen atoms in total. The molecule has 0 bridgehead atoms. The molecule has 10 heteroatoms. The number of hydrogen-bond donors (Lipinski definition) is 3. The minimum Gasteiger partial charge on any atom is -0.386 e. The summed E-state index contributed by atoms with van der Waals surface area (Å²) in [7, 11) is 0. The Labute approximate surface area is 179 Å². The van der Waals surface area contributed by atoms with Gasteiger partial charge in [-0.3, -0.25) is 10.1 Å². The summed E-state index contributed by atoms with van der Waals surface area (Å²) in [5.41, 5.74) is 0. The summed E-state index contributed by atoms with van der Waals surface area (Å²) in [5, 5.41) is 20.5. The molecule has 0 radical (unpaired) electrons. The molecule has 1 unspecified atom stereocenters. The summed E-state index contributed by atoms with van der Waals surface area (Å²) in [6, 6.07) is 3.65. The van der Waals surface area contributed by atoms with Gasteiger partial charge in [-0.05, 0) is 31.9 Å². The molecule has 0 amide bonds. The number of guanidine groups is 1. The molecule has 1 aliphatic heterocycles. The first-order chi connectivity index (χ1) is 12.2. The summed E-state index contributed by atoms with van der Waals surface area (Å²) >= 11 is 7.32. The van der Waals surface area contributed by atoms with E-state index in [9.17, 15) is 5.11 Å². The predicted molar refractivity (Wildman–Crippen MR) is 116 cm³/mol. The Morgan fingerprint density at radius 3 is 2.85 bits per heavy atom. The lowest BCUT2D eigenvalue weighted by molar-refractivity contribution is 0.190. The van der Waals surface area contributed by atoms with Crippen LogP contribution in [0.25, 0.3) is 0 Å². The number of likely N-dealkylation sites (tertiary alicyclic amines) is 1. The van der Waals surface area contributed by atoms with Crippen LogP contribution in [0.15, 0.2) is 23.5 Å². The van der Waals surface area contributed by atoms with E-state index < -0.39 is 6.10 Å². The molecule has 3 rings (SSSR count). The number of halogens is 2. The zero-order chi connectivity index (χ0) is 17.6. The fraction of sp³-hybridized carbons (Fsp3) is 0.562. The first kappa shape index (κ1) is 21.4. The van der Waals surface area contributed by atoms with Crippen molar-refractivity contribution in [2.24, 2.45) is 4.99 Å². The second kappa shape index (κ2) is 10.4. The van der Waals surface area contributed by atoms with E-state index in [1.807, 2.05) is 13.0 Å². The standard InChI is InChI=1S/C16H23ClN6OS.HI/c1-2-18-16(19-9-12(24)13-3-4-14(17)25-13)23-7-5-11(6-8-23)15-20-10-21-22-15;/h3-4,10-12,24H,2,5-9H2,1H3,(H,18,19)(H,20,21,22);1H. The van der Waals surface area contributed by atoms with Gasteiger partial charge in [-0.2, -0.15) is 5.10 Å². The lowest BCUT2D eigenvalue weighted by Gasteiger charge is -2.33. The van der Waals surface area contributed by atoms with Crippen molar-refractivity contribution < 1.29 is 5.11 Å². The topological polar surface area (TPSA) is 89.4 Å². The monoisotopic (exact) mass is 510 g/mol. The molecule has 2 aromatic heterocycles. The van der Waals surface area contributed by atoms with E-state index in [1.165, 1.54) is 11.3 Å². The molecule has 1 atom stereocenters. The minimum absolute atomic E-state index is 0. The number of rotatable bonds is 5. The van der Waals surface area contributed by atoms with Crippen LogP contribution in [0.1, 0.15) is 42.5 Å². The first-order valence-corrected chi connectivity index (χ1v) is 9.68. The van der Waals surface area contributed by atoms with Crippen molar-refractivity contribution in [1.29, 1.82) is 0 Å². The van der Waals surface area contributed by atoms with Crippen LogP contribution >= 0.6 is 46.9 Å². The molecule has 3 heterocycles. The summed E-state index contributed by atoms with van der Waals surface area (Å²) < 4.78 is 0.680. The number of aromatic nitrogens is 3. The smallest absolute Gasteiger partial charge is 0.194 e. The van der Waals surface area contributed by atoms with Crippen LogP contribution in [0.2, 0.25) is 4.34 Å². The van der Waals surface area contributed by atoms with Crippen molar-refractivity contribution in [1.82, 2.24) is 25.4 Å². The Bertz CT molecular complexity index is 687. The van der Waals surface area contributed by atoms with Crippen LogP contribution in [0.3, 0.4) is 0 Å². The van der Waals surface area contributed by atoms with E-state index in [1.54, 1.807) is 12.4 Å². The number of nitrogens with zero attached hydrogens (tertiary/aromatic N) is 4. The van der Waals surface area contributed by atoms with Gasteiger partial charge in [0.1, 0.15) is 18.3 Å². The normalized spacial score (nSPS) is 17.0. The molecule has 1 fully saturated rings. The van der Waals surface area contributed by atoms with Crippen LogP contribution in [-0.2, 0) is 0 Å². The van der Waals surface area contributed by atoms with Crippen molar-refractivity contribution in [2.45, 2.75) is 31.8 Å². The Kier molecular flexibility index (Phi) is 8.58. The molecule has 2 aromatic rings. The highest BCUT2D eigenvalue weighted by atomic mass is 127. The van der Waals surface area contributed by atoms with E-state index in [0.29, 0.717) is 16.8 Å². The first-order valence-electron chi connectivity index (χ1n) is 8.49. The van der Waals surface area contributed by atoms with Gasteiger partial charge >= 0.3 is 0 Å². The third-order valence-electron chi connectivity index (χ3n) is 4.29. The highest BCUT2D eigenvalue weighted by molar-refractivity contribution is 14.0. The van der Waals surface area contributed by atoms with Gasteiger partial charge in [-0.1, -0.05) is 11.6 Å². The summed E-state index contributed by atoms with van der Waals surface area (Å²) in [6.07, 6.45) is 2.94. The van der Waals surface area contributed by atoms with Crippen molar-refractivity contribution in [3.8, 4) is 0 Å². The van der Waals surface area contributed by atoms with Gasteiger partial charge in [-0.15, -0.1) is 35.3 Å². The second-order valence-corrected chi connectivity index (χ2v) is 7.73. The molecule has 0 aliphatic carbocycles. The summed E-state index contributed by atoms with van der Waals surface area (Å²) in [4.78, 5) is 12.0. The van der Waals surface area contributed by atoms with Gasteiger partial charge in [0.05, 0.1) is 10.9 Å². The average molecular weight is 511 g/mol. The van der Waals surface area contributed by atoms with Crippen molar-refractivity contribution in [3.05, 3.63) is 33.5 Å². The van der Waals surface area contributed by atoms with Gasteiger partial charge < -0.3 is 15.3 Å². The van der Waals surface area contributed by atoms with Gasteiger partial charge in [0.2, 0.25) is 0 Å². The molecule has 26 heavy (non-hydrogen) atoms. The molecule has 0 aromatic carbocycles. The van der Waals surface area contributed by atoms with Crippen molar-refractivity contribution >= 4 is 52.9 Å². The fourth-order valence-corrected chi connectivity index (χ4v) is 4.01. The number of aliphatic hydroxyl groups excluding tert-OH is 1. The maximum Gasteiger partial charge on any atom is 0.194 e. The van der Waals surface area contributed by atoms with Crippen molar-refractivity contribution in [2.75, 3.05) is 26.2 Å². The lowest BCUT2D eigenvalue weighted by atomic mass is 9.96. The maximum atomic E-state index is 10.3. The Morgan fingerprint density at radius 1 is 1.50 bits per heavy atom. The highest BCUT2D eigenvalue weighted by Crippen LogP contribution is 2.27. The van der Waals surface area contributed by atoms with Crippen molar-refractivity contribution in [3.63, 3.8) is 0 Å². The number of aliphatic imine (C=N–C) groups is 1. The number of H-pyrrole nitrogens is 1. The van der Waals surface area contributed by atoms with E-state index in [4.69, 9.17) is 11.6 Å². The number of piperidine rings is 1. The number of nitrogens with one attached hydrogen (secondary N) is 2. The van der Waals surface area contributed by atoms with Crippen LogP contribution in [0, 0.1) is 0 Å². The second-order valence-electron chi connectivity index (χ2n) is 5.98. The predicted octanol–water partition coefficient (Wildman–Crippen LogP) is 3.02. The molecular weight excluding hydrogens is 487 g/mol. The fourth-order valence-electron chi connectivity index (χ4n) is 2.97. The van der Waals surface area contributed by atoms with Crippen LogP contribution < -0.4 is 5.32 Å². The van der Waals surface area contributed by atoms with Gasteiger partial charge in [0.15, 0.2) is 5.96 Å². The number of thiophene rings is 1. The summed E-state index contributed by atoms with van der Waals surface area (Å²) in [5.74, 6) is 2.23. The quantitative estimate of drug-likeness (QED) is 0.327. The molecule has 1 aliphatic rings. The van der Waals surface area contributed by atoms with E-state index in [2.05, 4.69) is 30.4 Å². The molecule has 3 N–H and O–H groups in total. The minimum atomic E-state index is -0.627. The third-order valence-corrected chi connectivity index (χ3v) is 5.62. The SMILES string of the molecule is CCNC(=NCC(O)c1ccc(Cl)s1)N1CCC(c2ncn[nH]2)CC1.I. The van der Waals surface area contributed by atoms with Crippen LogP contribution in [0.4, 0.5) is 0 Å². The Hall–Kier alpha value is -0.910. The lowest BCUT2D eigenvalue weighted by Crippen LogP contribution is -2.45. The Balaban J connectivity index is 0.00000243. The molecule has 0 saturated carbocycles. The number of aliphatic hydroxyl groups is 1. The summed E-state index contributed by atoms with van der Waals surface area (Å²) in [6.45, 7) is 4.96. The van der Waals surface area contributed by atoms with Crippen LogP contribution in [0.5, 0.6) is 0 Å². The molecule has 0 spiro atoms.